The van der Waals surface area contributed by atoms with Gasteiger partial charge in [-0.25, -0.2) is 0 Å². The monoisotopic (exact) mass is 401 g/mol. The minimum atomic E-state index is -0.238. The van der Waals surface area contributed by atoms with E-state index in [4.69, 9.17) is 4.74 Å². The van der Waals surface area contributed by atoms with Crippen LogP contribution in [0.3, 0.4) is 0 Å². The van der Waals surface area contributed by atoms with Crippen LogP contribution in [0.1, 0.15) is 35.0 Å². The van der Waals surface area contributed by atoms with Crippen molar-refractivity contribution in [3.05, 3.63) is 59.3 Å². The Morgan fingerprint density at radius 2 is 2.07 bits per heavy atom. The molecule has 1 aliphatic carbocycles. The maximum atomic E-state index is 13.0. The minimum absolute atomic E-state index is 0.225. The van der Waals surface area contributed by atoms with E-state index in [1.54, 1.807) is 7.11 Å². The fourth-order valence-electron chi connectivity index (χ4n) is 4.25. The van der Waals surface area contributed by atoms with Crippen LogP contribution < -0.4 is 10.1 Å². The van der Waals surface area contributed by atoms with Crippen molar-refractivity contribution in [2.45, 2.75) is 26.2 Å². The summed E-state index contributed by atoms with van der Waals surface area (Å²) in [7, 11) is 1.61. The van der Waals surface area contributed by atoms with E-state index in [2.05, 4.69) is 38.5 Å². The van der Waals surface area contributed by atoms with E-state index in [0.29, 0.717) is 23.1 Å². The average Bonchev–Trinajstić information content (AvgIpc) is 3.37. The lowest BCUT2D eigenvalue weighted by Crippen LogP contribution is -2.13. The van der Waals surface area contributed by atoms with Crippen LogP contribution >= 0.6 is 0 Å². The third-order valence-corrected chi connectivity index (χ3v) is 5.79. The van der Waals surface area contributed by atoms with Gasteiger partial charge >= 0.3 is 0 Å². The van der Waals surface area contributed by atoms with Crippen LogP contribution in [0.5, 0.6) is 5.75 Å². The summed E-state index contributed by atoms with van der Waals surface area (Å²) in [6.07, 6.45) is 3.24. The zero-order chi connectivity index (χ0) is 20.7. The SMILES string of the molecule is COc1ccccc1-c1nc(NC(=O)c2cccc3c4c([nH]c23)CCC(C)C4)n[nH]1. The van der Waals surface area contributed by atoms with Gasteiger partial charge in [0.15, 0.2) is 5.82 Å². The summed E-state index contributed by atoms with van der Waals surface area (Å²) in [5.41, 5.74) is 4.85. The molecular formula is C23H23N5O2. The molecular weight excluding hydrogens is 378 g/mol. The van der Waals surface area contributed by atoms with Gasteiger partial charge in [-0.1, -0.05) is 31.2 Å². The molecule has 1 atom stereocenters. The topological polar surface area (TPSA) is 95.7 Å². The summed E-state index contributed by atoms with van der Waals surface area (Å²) < 4.78 is 5.38. The number of carbonyl (C=O) groups excluding carboxylic acids is 1. The number of nitrogens with one attached hydrogen (secondary N) is 3. The molecule has 2 aromatic carbocycles. The number of aromatic nitrogens is 4. The number of methoxy groups -OCH3 is 1. The quantitative estimate of drug-likeness (QED) is 0.474. The van der Waals surface area contributed by atoms with E-state index in [-0.39, 0.29) is 11.9 Å². The van der Waals surface area contributed by atoms with Crippen LogP contribution in [0.25, 0.3) is 22.3 Å². The molecule has 3 N–H and O–H groups in total. The molecule has 152 valence electrons. The lowest BCUT2D eigenvalue weighted by molar-refractivity contribution is 0.102. The molecule has 7 nitrogen and oxygen atoms in total. The molecule has 7 heteroatoms. The Morgan fingerprint density at radius 1 is 1.20 bits per heavy atom. The molecule has 1 aliphatic rings. The van der Waals surface area contributed by atoms with Gasteiger partial charge in [0, 0.05) is 11.1 Å². The first-order chi connectivity index (χ1) is 14.6. The number of rotatable bonds is 4. The number of para-hydroxylation sites is 2. The summed E-state index contributed by atoms with van der Waals surface area (Å²) in [4.78, 5) is 20.9. The van der Waals surface area contributed by atoms with Crippen molar-refractivity contribution in [3.63, 3.8) is 0 Å². The Bertz CT molecular complexity index is 1240. The molecule has 0 radical (unpaired) electrons. The van der Waals surface area contributed by atoms with Gasteiger partial charge in [0.05, 0.1) is 23.8 Å². The number of carbonyl (C=O) groups is 1. The molecule has 4 aromatic rings. The molecule has 1 unspecified atom stereocenters. The molecule has 1 amide bonds. The van der Waals surface area contributed by atoms with Gasteiger partial charge in [-0.3, -0.25) is 15.2 Å². The van der Waals surface area contributed by atoms with E-state index >= 15 is 0 Å². The first kappa shape index (κ1) is 18.4. The zero-order valence-electron chi connectivity index (χ0n) is 17.0. The van der Waals surface area contributed by atoms with Gasteiger partial charge < -0.3 is 9.72 Å². The van der Waals surface area contributed by atoms with Gasteiger partial charge in [-0.2, -0.15) is 4.98 Å². The molecule has 0 saturated heterocycles. The smallest absolute Gasteiger partial charge is 0.260 e. The molecule has 0 aliphatic heterocycles. The van der Waals surface area contributed by atoms with Crippen molar-refractivity contribution < 1.29 is 9.53 Å². The van der Waals surface area contributed by atoms with Gasteiger partial charge in [-0.15, -0.1) is 5.10 Å². The second kappa shape index (κ2) is 7.33. The van der Waals surface area contributed by atoms with Crippen molar-refractivity contribution in [1.82, 2.24) is 20.2 Å². The molecule has 0 fully saturated rings. The number of ether oxygens (including phenoxy) is 1. The Balaban J connectivity index is 1.44. The highest BCUT2D eigenvalue weighted by Gasteiger charge is 2.23. The van der Waals surface area contributed by atoms with Crippen molar-refractivity contribution in [2.75, 3.05) is 12.4 Å². The molecule has 0 bridgehead atoms. The summed E-state index contributed by atoms with van der Waals surface area (Å²) in [6, 6.07) is 13.4. The summed E-state index contributed by atoms with van der Waals surface area (Å²) in [5, 5.41) is 11.0. The third-order valence-electron chi connectivity index (χ3n) is 5.79. The highest BCUT2D eigenvalue weighted by molar-refractivity contribution is 6.12. The number of benzene rings is 2. The van der Waals surface area contributed by atoms with Crippen LogP contribution in [0, 0.1) is 5.92 Å². The Labute approximate surface area is 173 Å². The molecule has 0 spiro atoms. The predicted octanol–water partition coefficient (Wildman–Crippen LogP) is 4.34. The maximum absolute atomic E-state index is 13.0. The van der Waals surface area contributed by atoms with Gasteiger partial charge in [-0.05, 0) is 48.9 Å². The van der Waals surface area contributed by atoms with Crippen LogP contribution in [-0.4, -0.2) is 33.2 Å². The predicted molar refractivity (Wildman–Crippen MR) is 116 cm³/mol. The van der Waals surface area contributed by atoms with Gasteiger partial charge in [0.1, 0.15) is 5.75 Å². The number of anilines is 1. The van der Waals surface area contributed by atoms with Crippen LogP contribution in [0.2, 0.25) is 0 Å². The van der Waals surface area contributed by atoms with Crippen LogP contribution in [-0.2, 0) is 12.8 Å². The van der Waals surface area contributed by atoms with Crippen molar-refractivity contribution in [1.29, 1.82) is 0 Å². The number of hydrogen-bond acceptors (Lipinski definition) is 4. The van der Waals surface area contributed by atoms with E-state index in [1.165, 1.54) is 17.7 Å². The normalized spacial score (nSPS) is 15.7. The van der Waals surface area contributed by atoms with Crippen LogP contribution in [0.15, 0.2) is 42.5 Å². The number of nitrogens with zero attached hydrogens (tertiary/aromatic N) is 2. The fourth-order valence-corrected chi connectivity index (χ4v) is 4.25. The standard InChI is InChI=1S/C23H23N5O2/c1-13-10-11-18-17(12-13)14-7-5-8-16(20(14)24-18)22(29)26-23-25-21(27-28-23)15-6-3-4-9-19(15)30-2/h3-9,13,24H,10-12H2,1-2H3,(H2,25,26,27,28,29). The van der Waals surface area contributed by atoms with Gasteiger partial charge in [0.2, 0.25) is 5.95 Å². The Hall–Kier alpha value is -3.61. The van der Waals surface area contributed by atoms with Crippen molar-refractivity contribution in [3.8, 4) is 17.1 Å². The minimum Gasteiger partial charge on any atom is -0.496 e. The largest absolute Gasteiger partial charge is 0.496 e. The first-order valence-corrected chi connectivity index (χ1v) is 10.1. The summed E-state index contributed by atoms with van der Waals surface area (Å²) >= 11 is 0. The van der Waals surface area contributed by atoms with Gasteiger partial charge in [0.25, 0.3) is 5.91 Å². The number of aromatic amines is 2. The van der Waals surface area contributed by atoms with E-state index in [1.807, 2.05) is 36.4 Å². The molecule has 2 heterocycles. The molecule has 2 aromatic heterocycles. The lowest BCUT2D eigenvalue weighted by Gasteiger charge is -2.17. The number of fused-ring (bicyclic) bond motifs is 3. The first-order valence-electron chi connectivity index (χ1n) is 10.1. The zero-order valence-corrected chi connectivity index (χ0v) is 17.0. The van der Waals surface area contributed by atoms with Crippen molar-refractivity contribution in [2.24, 2.45) is 5.92 Å². The number of aryl methyl sites for hydroxylation is 1. The number of H-pyrrole nitrogens is 2. The summed E-state index contributed by atoms with van der Waals surface area (Å²) in [6.45, 7) is 2.28. The molecule has 30 heavy (non-hydrogen) atoms. The lowest BCUT2D eigenvalue weighted by atomic mass is 9.87. The van der Waals surface area contributed by atoms with E-state index in [0.717, 1.165) is 29.3 Å². The number of hydrogen-bond donors (Lipinski definition) is 3. The third kappa shape index (κ3) is 3.12. The second-order valence-electron chi connectivity index (χ2n) is 7.82. The number of amides is 1. The Morgan fingerprint density at radius 3 is 2.93 bits per heavy atom. The molecule has 5 rings (SSSR count). The van der Waals surface area contributed by atoms with E-state index < -0.39 is 0 Å². The highest BCUT2D eigenvalue weighted by atomic mass is 16.5. The average molecular weight is 401 g/mol. The van der Waals surface area contributed by atoms with E-state index in [9.17, 15) is 4.79 Å². The molecule has 0 saturated carbocycles. The van der Waals surface area contributed by atoms with Crippen molar-refractivity contribution >= 4 is 22.8 Å². The summed E-state index contributed by atoms with van der Waals surface area (Å²) in [5.74, 6) is 1.86. The maximum Gasteiger partial charge on any atom is 0.260 e. The second-order valence-corrected chi connectivity index (χ2v) is 7.82. The fraction of sp³-hybridized carbons (Fsp3) is 0.261. The highest BCUT2D eigenvalue weighted by Crippen LogP contribution is 2.33. The Kier molecular flexibility index (Phi) is 4.50. The van der Waals surface area contributed by atoms with Crippen LogP contribution in [0.4, 0.5) is 5.95 Å².